The molecule has 0 aromatic rings. The standard InChI is InChI=1S/C31H50N2O5S/c1-10-12-16-38-28(37)23-22-13-14-31(39-22)24(23)26(35)33(21(18-34)17-20(3)4)25(31)27(36)32(15-11-2)30(8,9)19-29(5,6)7/h10-11,20-25,34H,1-2,12-19H2,3-9H3/t21-,22-,23+,24+,25?,31?/m1/s1. The third-order valence-electron chi connectivity index (χ3n) is 8.43. The number of hydrogen-bond donors (Lipinski definition) is 1. The zero-order valence-corrected chi connectivity index (χ0v) is 25.9. The van der Waals surface area contributed by atoms with E-state index in [2.05, 4.69) is 61.6 Å². The molecule has 0 saturated carbocycles. The van der Waals surface area contributed by atoms with Gasteiger partial charge in [0.2, 0.25) is 11.8 Å². The molecule has 3 heterocycles. The minimum atomic E-state index is -0.758. The Morgan fingerprint density at radius 3 is 2.44 bits per heavy atom. The van der Waals surface area contributed by atoms with Crippen LogP contribution in [0, 0.1) is 23.2 Å². The van der Waals surface area contributed by atoms with Gasteiger partial charge in [0.05, 0.1) is 35.8 Å². The number of ether oxygens (including phenoxy) is 1. The number of hydrogen-bond acceptors (Lipinski definition) is 6. The summed E-state index contributed by atoms with van der Waals surface area (Å²) in [6.07, 6.45) is 6.78. The van der Waals surface area contributed by atoms with Gasteiger partial charge < -0.3 is 19.6 Å². The first-order valence-electron chi connectivity index (χ1n) is 14.5. The summed E-state index contributed by atoms with van der Waals surface area (Å²) >= 11 is 1.64. The Hall–Kier alpha value is -1.80. The summed E-state index contributed by atoms with van der Waals surface area (Å²) in [7, 11) is 0. The summed E-state index contributed by atoms with van der Waals surface area (Å²) in [5.41, 5.74) is -0.522. The van der Waals surface area contributed by atoms with Crippen LogP contribution >= 0.6 is 11.8 Å². The molecule has 3 rings (SSSR count). The number of aliphatic hydroxyl groups is 1. The summed E-state index contributed by atoms with van der Waals surface area (Å²) in [5, 5.41) is 10.5. The predicted molar refractivity (Wildman–Crippen MR) is 157 cm³/mol. The molecule has 2 bridgehead atoms. The minimum Gasteiger partial charge on any atom is -0.465 e. The van der Waals surface area contributed by atoms with Gasteiger partial charge in [-0.05, 0) is 57.3 Å². The second-order valence-electron chi connectivity index (χ2n) is 13.8. The van der Waals surface area contributed by atoms with E-state index >= 15 is 0 Å². The van der Waals surface area contributed by atoms with E-state index in [1.54, 1.807) is 28.8 Å². The second-order valence-corrected chi connectivity index (χ2v) is 15.4. The highest BCUT2D eigenvalue weighted by Gasteiger charge is 2.75. The normalized spacial score (nSPS) is 28.9. The maximum atomic E-state index is 14.8. The Kier molecular flexibility index (Phi) is 9.74. The van der Waals surface area contributed by atoms with Crippen LogP contribution in [0.1, 0.15) is 80.6 Å². The lowest BCUT2D eigenvalue weighted by Gasteiger charge is -2.46. The third kappa shape index (κ3) is 6.12. The fourth-order valence-corrected chi connectivity index (χ4v) is 9.68. The van der Waals surface area contributed by atoms with Crippen molar-refractivity contribution in [2.75, 3.05) is 19.8 Å². The molecule has 8 heteroatoms. The third-order valence-corrected chi connectivity index (χ3v) is 10.4. The number of rotatable bonds is 13. The van der Waals surface area contributed by atoms with Gasteiger partial charge in [0, 0.05) is 17.3 Å². The van der Waals surface area contributed by atoms with Gasteiger partial charge in [-0.1, -0.05) is 46.8 Å². The molecule has 3 aliphatic rings. The molecule has 3 aliphatic heterocycles. The number of carbonyl (C=O) groups excluding carboxylic acids is 3. The van der Waals surface area contributed by atoms with Gasteiger partial charge in [-0.15, -0.1) is 24.9 Å². The van der Waals surface area contributed by atoms with Gasteiger partial charge in [0.1, 0.15) is 6.04 Å². The number of thioether (sulfide) groups is 1. The van der Waals surface area contributed by atoms with Crippen molar-refractivity contribution in [2.45, 2.75) is 108 Å². The molecule has 3 saturated heterocycles. The lowest BCUT2D eigenvalue weighted by molar-refractivity contribution is -0.154. The quantitative estimate of drug-likeness (QED) is 0.197. The largest absolute Gasteiger partial charge is 0.465 e. The molecule has 1 spiro atoms. The lowest BCUT2D eigenvalue weighted by atomic mass is 9.71. The highest BCUT2D eigenvalue weighted by molar-refractivity contribution is 8.02. The van der Waals surface area contributed by atoms with Crippen LogP contribution in [0.5, 0.6) is 0 Å². The number of carbonyl (C=O) groups is 3. The molecule has 2 amide bonds. The molecule has 0 aliphatic carbocycles. The molecule has 39 heavy (non-hydrogen) atoms. The van der Waals surface area contributed by atoms with Gasteiger partial charge in [0.15, 0.2) is 0 Å². The monoisotopic (exact) mass is 562 g/mol. The molecule has 0 radical (unpaired) electrons. The molecule has 2 unspecified atom stereocenters. The molecule has 1 N–H and O–H groups in total. The number of likely N-dealkylation sites (tertiary alicyclic amines) is 1. The first kappa shape index (κ1) is 31.7. The van der Waals surface area contributed by atoms with E-state index in [0.29, 0.717) is 25.8 Å². The molecular weight excluding hydrogens is 512 g/mol. The van der Waals surface area contributed by atoms with E-state index in [4.69, 9.17) is 4.74 Å². The Balaban J connectivity index is 2.10. The van der Waals surface area contributed by atoms with Crippen molar-refractivity contribution >= 4 is 29.5 Å². The highest BCUT2D eigenvalue weighted by Crippen LogP contribution is 2.67. The average Bonchev–Trinajstić information content (AvgIpc) is 3.46. The van der Waals surface area contributed by atoms with Crippen LogP contribution in [0.25, 0.3) is 0 Å². The topological polar surface area (TPSA) is 87.1 Å². The Morgan fingerprint density at radius 2 is 1.90 bits per heavy atom. The van der Waals surface area contributed by atoms with E-state index < -0.39 is 34.2 Å². The molecule has 6 atom stereocenters. The predicted octanol–water partition coefficient (Wildman–Crippen LogP) is 4.83. The van der Waals surface area contributed by atoms with Crippen LogP contribution in [0.2, 0.25) is 0 Å². The number of amides is 2. The van der Waals surface area contributed by atoms with Crippen LogP contribution in [0.3, 0.4) is 0 Å². The summed E-state index contributed by atoms with van der Waals surface area (Å²) in [6, 6.07) is -1.26. The smallest absolute Gasteiger partial charge is 0.310 e. The Morgan fingerprint density at radius 1 is 1.23 bits per heavy atom. The van der Waals surface area contributed by atoms with Crippen LogP contribution < -0.4 is 0 Å². The Bertz CT molecular complexity index is 957. The minimum absolute atomic E-state index is 0.0265. The molecule has 0 aromatic heterocycles. The van der Waals surface area contributed by atoms with Crippen molar-refractivity contribution in [1.29, 1.82) is 0 Å². The SMILES string of the molecule is C=CCCOC(=O)[C@@H]1[C@H]2C(=O)N([C@@H](CO)CC(C)C)C(C(=O)N(CC=C)C(C)(C)CC(C)(C)C)C23CC[C@H]1S3. The van der Waals surface area contributed by atoms with E-state index in [1.165, 1.54) is 0 Å². The zero-order chi connectivity index (χ0) is 29.3. The van der Waals surface area contributed by atoms with Crippen LogP contribution in [0.15, 0.2) is 25.3 Å². The van der Waals surface area contributed by atoms with Crippen LogP contribution in [-0.4, -0.2) is 80.1 Å². The molecule has 3 fully saturated rings. The van der Waals surface area contributed by atoms with Crippen LogP contribution in [0.4, 0.5) is 0 Å². The van der Waals surface area contributed by atoms with Crippen LogP contribution in [-0.2, 0) is 19.1 Å². The summed E-state index contributed by atoms with van der Waals surface area (Å²) < 4.78 is 4.88. The van der Waals surface area contributed by atoms with Crippen molar-refractivity contribution in [1.82, 2.24) is 9.80 Å². The van der Waals surface area contributed by atoms with Crippen molar-refractivity contribution in [3.05, 3.63) is 25.3 Å². The van der Waals surface area contributed by atoms with E-state index in [1.807, 2.05) is 4.90 Å². The summed E-state index contributed by atoms with van der Waals surface area (Å²) in [4.78, 5) is 46.1. The van der Waals surface area contributed by atoms with Crippen molar-refractivity contribution in [3.63, 3.8) is 0 Å². The van der Waals surface area contributed by atoms with Gasteiger partial charge in [-0.3, -0.25) is 14.4 Å². The lowest BCUT2D eigenvalue weighted by Crippen LogP contribution is -2.61. The highest BCUT2D eigenvalue weighted by atomic mass is 32.2. The Labute approximate surface area is 239 Å². The van der Waals surface area contributed by atoms with E-state index in [-0.39, 0.29) is 47.6 Å². The molecular formula is C31H50N2O5S. The fraction of sp³-hybridized carbons (Fsp3) is 0.774. The number of aliphatic hydroxyl groups excluding tert-OH is 1. The van der Waals surface area contributed by atoms with Gasteiger partial charge >= 0.3 is 5.97 Å². The first-order valence-corrected chi connectivity index (χ1v) is 15.3. The summed E-state index contributed by atoms with van der Waals surface area (Å²) in [6.45, 7) is 22.7. The maximum absolute atomic E-state index is 14.8. The zero-order valence-electron chi connectivity index (χ0n) is 25.1. The number of nitrogens with zero attached hydrogens (tertiary/aromatic N) is 2. The fourth-order valence-electron chi connectivity index (χ4n) is 7.50. The van der Waals surface area contributed by atoms with E-state index in [9.17, 15) is 19.5 Å². The molecule has 0 aromatic carbocycles. The van der Waals surface area contributed by atoms with Gasteiger partial charge in [-0.2, -0.15) is 0 Å². The van der Waals surface area contributed by atoms with Crippen molar-refractivity contribution < 1.29 is 24.2 Å². The molecule has 7 nitrogen and oxygen atoms in total. The second kappa shape index (κ2) is 12.0. The average molecular weight is 563 g/mol. The van der Waals surface area contributed by atoms with Crippen molar-refractivity contribution in [2.24, 2.45) is 23.2 Å². The van der Waals surface area contributed by atoms with Gasteiger partial charge in [-0.25, -0.2) is 0 Å². The maximum Gasteiger partial charge on any atom is 0.310 e. The summed E-state index contributed by atoms with van der Waals surface area (Å²) in [5.74, 6) is -1.67. The first-order chi connectivity index (χ1) is 18.1. The van der Waals surface area contributed by atoms with E-state index in [0.717, 1.165) is 12.8 Å². The molecule has 220 valence electrons. The number of esters is 1. The van der Waals surface area contributed by atoms with Crippen molar-refractivity contribution in [3.8, 4) is 0 Å². The number of fused-ring (bicyclic) bond motifs is 1. The van der Waals surface area contributed by atoms with Gasteiger partial charge in [0.25, 0.3) is 0 Å².